The smallest absolute Gasteiger partial charge is 0.133 e. The molecule has 2 aromatic carbocycles. The van der Waals surface area contributed by atoms with Crippen molar-refractivity contribution in [3.63, 3.8) is 0 Å². The second-order valence-corrected chi connectivity index (χ2v) is 6.62. The molecule has 6 heteroatoms. The highest BCUT2D eigenvalue weighted by molar-refractivity contribution is 7.10. The molecule has 0 fully saturated rings. The maximum atomic E-state index is 9.41. The van der Waals surface area contributed by atoms with E-state index in [1.165, 1.54) is 11.3 Å². The third-order valence-corrected chi connectivity index (χ3v) is 4.94. The van der Waals surface area contributed by atoms with Crippen LogP contribution in [0.2, 0.25) is 10.0 Å². The predicted molar refractivity (Wildman–Crippen MR) is 101 cm³/mol. The standard InChI is InChI=1S/C18H11Cl2N3S/c19-15-7-6-14(8-16(15)20)22-10-13(9-21)18-23-17(11-24-18)12-4-2-1-3-5-12/h1-8,10-11,13H. The van der Waals surface area contributed by atoms with Crippen LogP contribution in [0.4, 0.5) is 5.69 Å². The molecule has 1 atom stereocenters. The van der Waals surface area contributed by atoms with E-state index < -0.39 is 5.92 Å². The number of nitriles is 1. The summed E-state index contributed by atoms with van der Waals surface area (Å²) in [6, 6.07) is 17.2. The molecule has 1 aromatic heterocycles. The number of benzene rings is 2. The number of halogens is 2. The molecule has 0 bridgehead atoms. The second-order valence-electron chi connectivity index (χ2n) is 4.92. The van der Waals surface area contributed by atoms with E-state index in [-0.39, 0.29) is 0 Å². The highest BCUT2D eigenvalue weighted by Gasteiger charge is 2.13. The first-order valence-electron chi connectivity index (χ1n) is 7.07. The van der Waals surface area contributed by atoms with E-state index in [4.69, 9.17) is 23.2 Å². The Balaban J connectivity index is 1.82. The zero-order valence-electron chi connectivity index (χ0n) is 12.4. The van der Waals surface area contributed by atoms with Crippen molar-refractivity contribution in [2.24, 2.45) is 4.99 Å². The van der Waals surface area contributed by atoms with Crippen LogP contribution in [-0.4, -0.2) is 11.2 Å². The maximum Gasteiger partial charge on any atom is 0.133 e. The first-order chi connectivity index (χ1) is 11.7. The SMILES string of the molecule is N#CC(C=Nc1ccc(Cl)c(Cl)c1)c1nc(-c2ccccc2)cs1. The fourth-order valence-corrected chi connectivity index (χ4v) is 3.17. The van der Waals surface area contributed by atoms with E-state index in [1.54, 1.807) is 24.4 Å². The van der Waals surface area contributed by atoms with Gasteiger partial charge in [0, 0.05) is 17.2 Å². The van der Waals surface area contributed by atoms with Gasteiger partial charge in [-0.05, 0) is 18.2 Å². The largest absolute Gasteiger partial charge is 0.259 e. The molecule has 3 rings (SSSR count). The van der Waals surface area contributed by atoms with Gasteiger partial charge in [-0.2, -0.15) is 5.26 Å². The van der Waals surface area contributed by atoms with E-state index in [2.05, 4.69) is 16.0 Å². The van der Waals surface area contributed by atoms with Gasteiger partial charge < -0.3 is 0 Å². The molecule has 0 aliphatic carbocycles. The molecule has 0 N–H and O–H groups in total. The average molecular weight is 372 g/mol. The fourth-order valence-electron chi connectivity index (χ4n) is 2.05. The Labute approximate surface area is 153 Å². The summed E-state index contributed by atoms with van der Waals surface area (Å²) in [7, 11) is 0. The molecule has 0 saturated carbocycles. The van der Waals surface area contributed by atoms with E-state index in [1.807, 2.05) is 35.7 Å². The minimum Gasteiger partial charge on any atom is -0.259 e. The highest BCUT2D eigenvalue weighted by Crippen LogP contribution is 2.28. The van der Waals surface area contributed by atoms with Crippen LogP contribution in [-0.2, 0) is 0 Å². The van der Waals surface area contributed by atoms with Gasteiger partial charge in [0.25, 0.3) is 0 Å². The molecule has 1 unspecified atom stereocenters. The van der Waals surface area contributed by atoms with Crippen LogP contribution in [0.5, 0.6) is 0 Å². The first-order valence-corrected chi connectivity index (χ1v) is 8.70. The Hall–Kier alpha value is -2.19. The van der Waals surface area contributed by atoms with Crippen molar-refractivity contribution in [1.29, 1.82) is 5.26 Å². The summed E-state index contributed by atoms with van der Waals surface area (Å²) >= 11 is 13.3. The van der Waals surface area contributed by atoms with Crippen LogP contribution in [0.25, 0.3) is 11.3 Å². The summed E-state index contributed by atoms with van der Waals surface area (Å²) in [5, 5.41) is 13.0. The van der Waals surface area contributed by atoms with E-state index >= 15 is 0 Å². The van der Waals surface area contributed by atoms with Crippen molar-refractivity contribution in [3.05, 3.63) is 69.0 Å². The van der Waals surface area contributed by atoms with Crippen molar-refractivity contribution < 1.29 is 0 Å². The minimum absolute atomic E-state index is 0.431. The molecule has 24 heavy (non-hydrogen) atoms. The Kier molecular flexibility index (Phi) is 5.27. The van der Waals surface area contributed by atoms with Crippen LogP contribution in [0.3, 0.4) is 0 Å². The van der Waals surface area contributed by atoms with Gasteiger partial charge in [-0.25, -0.2) is 4.98 Å². The van der Waals surface area contributed by atoms with Crippen molar-refractivity contribution in [2.75, 3.05) is 0 Å². The van der Waals surface area contributed by atoms with Gasteiger partial charge in [-0.1, -0.05) is 53.5 Å². The van der Waals surface area contributed by atoms with Gasteiger partial charge in [0.05, 0.1) is 27.5 Å². The molecule has 3 aromatic rings. The third-order valence-electron chi connectivity index (χ3n) is 3.27. The topological polar surface area (TPSA) is 49.0 Å². The van der Waals surface area contributed by atoms with Crippen LogP contribution in [0.15, 0.2) is 58.9 Å². The summed E-state index contributed by atoms with van der Waals surface area (Å²) in [5.41, 5.74) is 2.53. The Morgan fingerprint density at radius 1 is 1.12 bits per heavy atom. The lowest BCUT2D eigenvalue weighted by Gasteiger charge is -2.00. The number of nitrogens with zero attached hydrogens (tertiary/aromatic N) is 3. The molecule has 0 aliphatic heterocycles. The van der Waals surface area contributed by atoms with Gasteiger partial charge >= 0.3 is 0 Å². The fraction of sp³-hybridized carbons (Fsp3) is 0.0556. The molecular weight excluding hydrogens is 361 g/mol. The minimum atomic E-state index is -0.512. The lowest BCUT2D eigenvalue weighted by molar-refractivity contribution is 1.12. The molecule has 118 valence electrons. The summed E-state index contributed by atoms with van der Waals surface area (Å²) < 4.78 is 0. The van der Waals surface area contributed by atoms with Crippen LogP contribution in [0, 0.1) is 11.3 Å². The zero-order chi connectivity index (χ0) is 16.9. The van der Waals surface area contributed by atoms with Gasteiger partial charge in [-0.3, -0.25) is 4.99 Å². The Bertz CT molecular complexity index is 914. The summed E-state index contributed by atoms with van der Waals surface area (Å²) in [4.78, 5) is 8.87. The van der Waals surface area contributed by atoms with E-state index in [9.17, 15) is 5.26 Å². The maximum absolute atomic E-state index is 9.41. The van der Waals surface area contributed by atoms with Gasteiger partial charge in [0.1, 0.15) is 10.9 Å². The number of aromatic nitrogens is 1. The molecule has 0 aliphatic rings. The number of aliphatic imine (C=N–C) groups is 1. The van der Waals surface area contributed by atoms with Crippen LogP contribution in [0.1, 0.15) is 10.9 Å². The average Bonchev–Trinajstić information content (AvgIpc) is 3.09. The van der Waals surface area contributed by atoms with Crippen molar-refractivity contribution in [1.82, 2.24) is 4.98 Å². The van der Waals surface area contributed by atoms with Crippen molar-refractivity contribution in [3.8, 4) is 17.3 Å². The van der Waals surface area contributed by atoms with Crippen molar-refractivity contribution in [2.45, 2.75) is 5.92 Å². The molecule has 0 saturated heterocycles. The molecule has 0 radical (unpaired) electrons. The molecule has 0 spiro atoms. The number of thiazole rings is 1. The van der Waals surface area contributed by atoms with Gasteiger partial charge in [-0.15, -0.1) is 11.3 Å². The second kappa shape index (κ2) is 7.59. The highest BCUT2D eigenvalue weighted by atomic mass is 35.5. The first kappa shape index (κ1) is 16.7. The summed E-state index contributed by atoms with van der Waals surface area (Å²) in [6.07, 6.45) is 1.58. The number of rotatable bonds is 4. The lowest BCUT2D eigenvalue weighted by atomic mass is 10.1. The van der Waals surface area contributed by atoms with Crippen LogP contribution >= 0.6 is 34.5 Å². The normalized spacial score (nSPS) is 12.2. The number of hydrogen-bond donors (Lipinski definition) is 0. The Morgan fingerprint density at radius 3 is 2.62 bits per heavy atom. The number of hydrogen-bond acceptors (Lipinski definition) is 4. The monoisotopic (exact) mass is 371 g/mol. The molecule has 0 amide bonds. The molecular formula is C18H11Cl2N3S. The third kappa shape index (κ3) is 3.82. The summed E-state index contributed by atoms with van der Waals surface area (Å²) in [5.74, 6) is -0.512. The lowest BCUT2D eigenvalue weighted by Crippen LogP contribution is -1.96. The summed E-state index contributed by atoms with van der Waals surface area (Å²) in [6.45, 7) is 0. The predicted octanol–water partition coefficient (Wildman–Crippen LogP) is 6.13. The van der Waals surface area contributed by atoms with Gasteiger partial charge in [0.15, 0.2) is 0 Å². The quantitative estimate of drug-likeness (QED) is 0.518. The zero-order valence-corrected chi connectivity index (χ0v) is 14.7. The van der Waals surface area contributed by atoms with Crippen molar-refractivity contribution >= 4 is 46.4 Å². The Morgan fingerprint density at radius 2 is 1.92 bits per heavy atom. The molecule has 1 heterocycles. The van der Waals surface area contributed by atoms with E-state index in [0.29, 0.717) is 20.7 Å². The van der Waals surface area contributed by atoms with E-state index in [0.717, 1.165) is 11.3 Å². The van der Waals surface area contributed by atoms with Crippen LogP contribution < -0.4 is 0 Å². The van der Waals surface area contributed by atoms with Gasteiger partial charge in [0.2, 0.25) is 0 Å². The molecule has 3 nitrogen and oxygen atoms in total.